The largest absolute Gasteiger partial charge is 0.453 e. The molecule has 98 valence electrons. The van der Waals surface area contributed by atoms with Gasteiger partial charge in [0, 0.05) is 37.6 Å². The van der Waals surface area contributed by atoms with Gasteiger partial charge in [-0.05, 0) is 31.3 Å². The Bertz CT molecular complexity index is 397. The molecule has 0 bridgehead atoms. The fourth-order valence-electron chi connectivity index (χ4n) is 1.99. The zero-order chi connectivity index (χ0) is 13.0. The van der Waals surface area contributed by atoms with Crippen LogP contribution in [0.1, 0.15) is 0 Å². The Kier molecular flexibility index (Phi) is 4.04. The van der Waals surface area contributed by atoms with E-state index in [1.807, 2.05) is 24.3 Å². The standard InChI is InChI=1S/C13H19N3O2/c1-15-7-9-16(10-8-15)12-5-3-11(4-6-12)14-13(17)18-2/h3-6H,7-10H2,1-2H3,(H,14,17). The van der Waals surface area contributed by atoms with Crippen LogP contribution in [0.5, 0.6) is 0 Å². The number of carbonyl (C=O) groups is 1. The lowest BCUT2D eigenvalue weighted by atomic mass is 10.2. The van der Waals surface area contributed by atoms with Crippen molar-refractivity contribution in [3.63, 3.8) is 0 Å². The van der Waals surface area contributed by atoms with Crippen molar-refractivity contribution in [1.82, 2.24) is 4.90 Å². The van der Waals surface area contributed by atoms with Crippen LogP contribution in [-0.2, 0) is 4.74 Å². The lowest BCUT2D eigenvalue weighted by Gasteiger charge is -2.34. The molecule has 5 heteroatoms. The van der Waals surface area contributed by atoms with Crippen LogP contribution >= 0.6 is 0 Å². The van der Waals surface area contributed by atoms with Crippen molar-refractivity contribution >= 4 is 17.5 Å². The van der Waals surface area contributed by atoms with E-state index in [0.29, 0.717) is 0 Å². The maximum atomic E-state index is 11.1. The number of nitrogens with one attached hydrogen (secondary N) is 1. The first-order chi connectivity index (χ1) is 8.69. The third-order valence-corrected chi connectivity index (χ3v) is 3.17. The molecule has 1 aromatic rings. The second kappa shape index (κ2) is 5.73. The van der Waals surface area contributed by atoms with Crippen LogP contribution in [0.3, 0.4) is 0 Å². The van der Waals surface area contributed by atoms with Gasteiger partial charge >= 0.3 is 6.09 Å². The monoisotopic (exact) mass is 249 g/mol. The summed E-state index contributed by atoms with van der Waals surface area (Å²) in [7, 11) is 3.49. The van der Waals surface area contributed by atoms with E-state index in [2.05, 4.69) is 26.9 Å². The summed E-state index contributed by atoms with van der Waals surface area (Å²) >= 11 is 0. The fraction of sp³-hybridized carbons (Fsp3) is 0.462. The molecule has 2 rings (SSSR count). The van der Waals surface area contributed by atoms with Gasteiger partial charge in [-0.2, -0.15) is 0 Å². The number of piperazine rings is 1. The lowest BCUT2D eigenvalue weighted by Crippen LogP contribution is -2.44. The maximum absolute atomic E-state index is 11.1. The van der Waals surface area contributed by atoms with Crippen LogP contribution in [0.4, 0.5) is 16.2 Å². The van der Waals surface area contributed by atoms with Crippen LogP contribution in [0.25, 0.3) is 0 Å². The second-order valence-corrected chi connectivity index (χ2v) is 4.45. The van der Waals surface area contributed by atoms with E-state index < -0.39 is 6.09 Å². The Hall–Kier alpha value is -1.75. The molecule has 0 saturated carbocycles. The number of carbonyl (C=O) groups excluding carboxylic acids is 1. The minimum absolute atomic E-state index is 0.442. The molecule has 1 aliphatic rings. The molecular formula is C13H19N3O2. The van der Waals surface area contributed by atoms with E-state index >= 15 is 0 Å². The third-order valence-electron chi connectivity index (χ3n) is 3.17. The topological polar surface area (TPSA) is 44.8 Å². The van der Waals surface area contributed by atoms with Crippen LogP contribution in [-0.4, -0.2) is 51.3 Å². The molecule has 18 heavy (non-hydrogen) atoms. The van der Waals surface area contributed by atoms with Gasteiger partial charge in [-0.15, -0.1) is 0 Å². The first kappa shape index (κ1) is 12.7. The highest BCUT2D eigenvalue weighted by Gasteiger charge is 2.13. The normalized spacial score (nSPS) is 16.4. The highest BCUT2D eigenvalue weighted by Crippen LogP contribution is 2.19. The van der Waals surface area contributed by atoms with Crippen molar-refractivity contribution in [3.8, 4) is 0 Å². The SMILES string of the molecule is COC(=O)Nc1ccc(N2CCN(C)CC2)cc1. The van der Waals surface area contributed by atoms with Crippen molar-refractivity contribution < 1.29 is 9.53 Å². The van der Waals surface area contributed by atoms with Crippen molar-refractivity contribution in [2.24, 2.45) is 0 Å². The predicted molar refractivity (Wildman–Crippen MR) is 72.2 cm³/mol. The minimum atomic E-state index is -0.442. The lowest BCUT2D eigenvalue weighted by molar-refractivity contribution is 0.187. The summed E-state index contributed by atoms with van der Waals surface area (Å²) in [5, 5.41) is 2.64. The number of rotatable bonds is 2. The highest BCUT2D eigenvalue weighted by molar-refractivity contribution is 5.84. The van der Waals surface area contributed by atoms with Gasteiger partial charge in [-0.25, -0.2) is 4.79 Å². The van der Waals surface area contributed by atoms with Gasteiger partial charge in [0.1, 0.15) is 0 Å². The van der Waals surface area contributed by atoms with Crippen LogP contribution in [0.2, 0.25) is 0 Å². The van der Waals surface area contributed by atoms with Crippen LogP contribution in [0.15, 0.2) is 24.3 Å². The van der Waals surface area contributed by atoms with Gasteiger partial charge in [0.2, 0.25) is 0 Å². The zero-order valence-electron chi connectivity index (χ0n) is 10.8. The molecule has 1 N–H and O–H groups in total. The quantitative estimate of drug-likeness (QED) is 0.865. The third kappa shape index (κ3) is 3.13. The summed E-state index contributed by atoms with van der Waals surface area (Å²) in [6, 6.07) is 7.84. The summed E-state index contributed by atoms with van der Waals surface area (Å²) in [5.41, 5.74) is 1.94. The number of methoxy groups -OCH3 is 1. The van der Waals surface area contributed by atoms with Gasteiger partial charge in [0.25, 0.3) is 0 Å². The molecule has 1 fully saturated rings. The average molecular weight is 249 g/mol. The molecular weight excluding hydrogens is 230 g/mol. The molecule has 1 heterocycles. The number of benzene rings is 1. The molecule has 0 aromatic heterocycles. The number of ether oxygens (including phenoxy) is 1. The average Bonchev–Trinajstić information content (AvgIpc) is 2.40. The van der Waals surface area contributed by atoms with Crippen molar-refractivity contribution in [1.29, 1.82) is 0 Å². The summed E-state index contributed by atoms with van der Waals surface area (Å²) in [4.78, 5) is 15.7. The number of hydrogen-bond acceptors (Lipinski definition) is 4. The molecule has 0 aliphatic carbocycles. The summed E-state index contributed by atoms with van der Waals surface area (Å²) in [6.07, 6.45) is -0.442. The van der Waals surface area contributed by atoms with Gasteiger partial charge in [-0.1, -0.05) is 0 Å². The van der Waals surface area contributed by atoms with Crippen LogP contribution < -0.4 is 10.2 Å². The molecule has 1 aliphatic heterocycles. The minimum Gasteiger partial charge on any atom is -0.453 e. The number of anilines is 2. The van der Waals surface area contributed by atoms with E-state index in [0.717, 1.165) is 31.9 Å². The second-order valence-electron chi connectivity index (χ2n) is 4.45. The summed E-state index contributed by atoms with van der Waals surface area (Å²) in [5.74, 6) is 0. The molecule has 0 spiro atoms. The first-order valence-corrected chi connectivity index (χ1v) is 6.07. The van der Waals surface area contributed by atoms with Crippen LogP contribution in [0, 0.1) is 0 Å². The summed E-state index contributed by atoms with van der Waals surface area (Å²) < 4.78 is 4.55. The van der Waals surface area contributed by atoms with Crippen molar-refractivity contribution in [2.45, 2.75) is 0 Å². The highest BCUT2D eigenvalue weighted by atomic mass is 16.5. The van der Waals surface area contributed by atoms with Gasteiger partial charge in [-0.3, -0.25) is 5.32 Å². The van der Waals surface area contributed by atoms with Gasteiger partial charge in [0.05, 0.1) is 7.11 Å². The Balaban J connectivity index is 1.97. The van der Waals surface area contributed by atoms with Gasteiger partial charge in [0.15, 0.2) is 0 Å². The van der Waals surface area contributed by atoms with E-state index in [1.165, 1.54) is 12.8 Å². The number of nitrogens with zero attached hydrogens (tertiary/aromatic N) is 2. The van der Waals surface area contributed by atoms with Crippen molar-refractivity contribution in [2.75, 3.05) is 50.6 Å². The fourth-order valence-corrected chi connectivity index (χ4v) is 1.99. The molecule has 1 amide bonds. The maximum Gasteiger partial charge on any atom is 0.411 e. The Morgan fingerprint density at radius 1 is 1.17 bits per heavy atom. The van der Waals surface area contributed by atoms with Gasteiger partial charge < -0.3 is 14.5 Å². The number of hydrogen-bond donors (Lipinski definition) is 1. The van der Waals surface area contributed by atoms with E-state index in [9.17, 15) is 4.79 Å². The number of likely N-dealkylation sites (N-methyl/N-ethyl adjacent to an activating group) is 1. The molecule has 1 aromatic carbocycles. The smallest absolute Gasteiger partial charge is 0.411 e. The Morgan fingerprint density at radius 2 is 1.78 bits per heavy atom. The van der Waals surface area contributed by atoms with E-state index in [-0.39, 0.29) is 0 Å². The molecule has 1 saturated heterocycles. The molecule has 5 nitrogen and oxygen atoms in total. The molecule has 0 radical (unpaired) electrons. The first-order valence-electron chi connectivity index (χ1n) is 6.07. The predicted octanol–water partition coefficient (Wildman–Crippen LogP) is 1.62. The van der Waals surface area contributed by atoms with E-state index in [4.69, 9.17) is 0 Å². The Labute approximate surface area is 107 Å². The molecule has 0 atom stereocenters. The van der Waals surface area contributed by atoms with E-state index in [1.54, 1.807) is 0 Å². The van der Waals surface area contributed by atoms with Crippen molar-refractivity contribution in [3.05, 3.63) is 24.3 Å². The molecule has 0 unspecified atom stereocenters. The number of amides is 1. The zero-order valence-corrected chi connectivity index (χ0v) is 10.8. The summed E-state index contributed by atoms with van der Waals surface area (Å²) in [6.45, 7) is 4.25. The Morgan fingerprint density at radius 3 is 2.33 bits per heavy atom.